The van der Waals surface area contributed by atoms with Gasteiger partial charge in [-0.1, -0.05) is 78.9 Å². The van der Waals surface area contributed by atoms with E-state index in [1.165, 1.54) is 0 Å². The van der Waals surface area contributed by atoms with Gasteiger partial charge in [0.2, 0.25) is 0 Å². The highest BCUT2D eigenvalue weighted by atomic mass is 16.3. The molecule has 1 aliphatic rings. The van der Waals surface area contributed by atoms with Gasteiger partial charge in [0.1, 0.15) is 11.5 Å². The molecule has 2 atom stereocenters. The third kappa shape index (κ3) is 3.53. The summed E-state index contributed by atoms with van der Waals surface area (Å²) in [4.78, 5) is 0. The van der Waals surface area contributed by atoms with Crippen LogP contribution in [0.15, 0.2) is 95.4 Å². The molecule has 0 radical (unpaired) electrons. The summed E-state index contributed by atoms with van der Waals surface area (Å²) in [6.07, 6.45) is 2.06. The van der Waals surface area contributed by atoms with Crippen LogP contribution in [-0.4, -0.2) is 5.11 Å². The van der Waals surface area contributed by atoms with Crippen LogP contribution in [-0.2, 0) is 6.42 Å². The Balaban J connectivity index is 1.73. The highest BCUT2D eigenvalue weighted by molar-refractivity contribution is 5.68. The van der Waals surface area contributed by atoms with E-state index in [9.17, 15) is 5.11 Å². The fourth-order valence-electron chi connectivity index (χ4n) is 4.42. The van der Waals surface area contributed by atoms with Crippen molar-refractivity contribution >= 4 is 5.69 Å². The van der Waals surface area contributed by atoms with Crippen LogP contribution in [0.5, 0.6) is 0 Å². The summed E-state index contributed by atoms with van der Waals surface area (Å²) >= 11 is 0. The zero-order chi connectivity index (χ0) is 20.3. The van der Waals surface area contributed by atoms with Gasteiger partial charge in [-0.25, -0.2) is 0 Å². The summed E-state index contributed by atoms with van der Waals surface area (Å²) in [7, 11) is 0. The first kappa shape index (κ1) is 18.7. The smallest absolute Gasteiger partial charge is 0.140 e. The van der Waals surface area contributed by atoms with E-state index in [1.807, 2.05) is 42.5 Å². The van der Waals surface area contributed by atoms with Crippen molar-refractivity contribution in [1.29, 1.82) is 0 Å². The Morgan fingerprint density at radius 3 is 2.17 bits per heavy atom. The van der Waals surface area contributed by atoms with Crippen molar-refractivity contribution in [2.24, 2.45) is 0 Å². The molecule has 150 valence electrons. The van der Waals surface area contributed by atoms with Crippen molar-refractivity contribution in [2.75, 3.05) is 5.32 Å². The highest BCUT2D eigenvalue weighted by Crippen LogP contribution is 2.45. The van der Waals surface area contributed by atoms with Crippen molar-refractivity contribution in [3.05, 3.63) is 113 Å². The fourth-order valence-corrected chi connectivity index (χ4v) is 4.42. The zero-order valence-corrected chi connectivity index (χ0v) is 16.8. The minimum Gasteiger partial charge on any atom is -0.460 e. The topological polar surface area (TPSA) is 45.4 Å². The van der Waals surface area contributed by atoms with Crippen molar-refractivity contribution in [3.63, 3.8) is 0 Å². The van der Waals surface area contributed by atoms with Crippen LogP contribution in [0.25, 0.3) is 11.3 Å². The molecule has 0 saturated heterocycles. The predicted octanol–water partition coefficient (Wildman–Crippen LogP) is 6.52. The lowest BCUT2D eigenvalue weighted by Gasteiger charge is -2.25. The first-order valence-corrected chi connectivity index (χ1v) is 10.6. The first-order valence-electron chi connectivity index (χ1n) is 10.6. The van der Waals surface area contributed by atoms with Crippen LogP contribution in [0.4, 0.5) is 5.69 Å². The average molecular weight is 396 g/mol. The van der Waals surface area contributed by atoms with Crippen LogP contribution in [0.1, 0.15) is 47.4 Å². The zero-order valence-electron chi connectivity index (χ0n) is 16.8. The maximum absolute atomic E-state index is 11.0. The summed E-state index contributed by atoms with van der Waals surface area (Å²) in [6.45, 7) is 0. The van der Waals surface area contributed by atoms with Gasteiger partial charge in [-0.2, -0.15) is 0 Å². The minimum atomic E-state index is -0.506. The molecule has 1 heterocycles. The van der Waals surface area contributed by atoms with Gasteiger partial charge < -0.3 is 14.8 Å². The van der Waals surface area contributed by atoms with E-state index in [-0.39, 0.29) is 6.04 Å². The SMILES string of the molecule is O[C@@H]1CCCc2oc(-c3ccccc3)c([C@@H](Nc3ccccc3)c3ccccc3)c21. The molecular formula is C27H25NO2. The van der Waals surface area contributed by atoms with Gasteiger partial charge in [-0.3, -0.25) is 0 Å². The standard InChI is InChI=1S/C27H25NO2/c29-22-17-10-18-23-24(22)25(27(30-23)20-13-6-2-7-14-20)26(19-11-4-1-5-12-19)28-21-15-8-3-9-16-21/h1-9,11-16,22,26,28-29H,10,17-18H2/t22-,26+/m1/s1. The molecule has 0 fully saturated rings. The third-order valence-corrected chi connectivity index (χ3v) is 5.82. The largest absolute Gasteiger partial charge is 0.460 e. The number of nitrogens with one attached hydrogen (secondary N) is 1. The Bertz CT molecular complexity index is 1100. The molecular weight excluding hydrogens is 370 g/mol. The van der Waals surface area contributed by atoms with Crippen molar-refractivity contribution in [1.82, 2.24) is 0 Å². The number of aliphatic hydroxyl groups is 1. The molecule has 1 aromatic heterocycles. The number of rotatable bonds is 5. The summed E-state index contributed by atoms with van der Waals surface area (Å²) in [5.41, 5.74) is 5.20. The molecule has 0 spiro atoms. The minimum absolute atomic E-state index is 0.135. The van der Waals surface area contributed by atoms with E-state index in [4.69, 9.17) is 4.42 Å². The second-order valence-electron chi connectivity index (χ2n) is 7.81. The van der Waals surface area contributed by atoms with Gasteiger partial charge in [0, 0.05) is 28.8 Å². The van der Waals surface area contributed by atoms with Gasteiger partial charge in [0.05, 0.1) is 12.1 Å². The summed E-state index contributed by atoms with van der Waals surface area (Å²) in [5, 5.41) is 14.7. The molecule has 30 heavy (non-hydrogen) atoms. The van der Waals surface area contributed by atoms with Crippen molar-refractivity contribution in [3.8, 4) is 11.3 Å². The predicted molar refractivity (Wildman–Crippen MR) is 120 cm³/mol. The maximum Gasteiger partial charge on any atom is 0.140 e. The second kappa shape index (κ2) is 8.21. The maximum atomic E-state index is 11.0. The number of benzene rings is 3. The highest BCUT2D eigenvalue weighted by Gasteiger charge is 2.33. The normalized spacial score (nSPS) is 16.6. The van der Waals surface area contributed by atoms with Gasteiger partial charge in [-0.05, 0) is 30.5 Å². The molecule has 5 rings (SSSR count). The van der Waals surface area contributed by atoms with Crippen LogP contribution < -0.4 is 5.32 Å². The van der Waals surface area contributed by atoms with Crippen LogP contribution in [0.3, 0.4) is 0 Å². The molecule has 0 saturated carbocycles. The Morgan fingerprint density at radius 2 is 1.47 bits per heavy atom. The number of para-hydroxylation sites is 1. The van der Waals surface area contributed by atoms with E-state index >= 15 is 0 Å². The first-order chi connectivity index (χ1) is 14.8. The van der Waals surface area contributed by atoms with Crippen LogP contribution in [0, 0.1) is 0 Å². The van der Waals surface area contributed by atoms with Crippen LogP contribution >= 0.6 is 0 Å². The Kier molecular flexibility index (Phi) is 5.12. The second-order valence-corrected chi connectivity index (χ2v) is 7.81. The average Bonchev–Trinajstić information content (AvgIpc) is 3.20. The molecule has 1 aliphatic carbocycles. The molecule has 3 nitrogen and oxygen atoms in total. The number of hydrogen-bond acceptors (Lipinski definition) is 3. The number of furan rings is 1. The molecule has 0 amide bonds. The molecule has 4 aromatic rings. The van der Waals surface area contributed by atoms with Gasteiger partial charge >= 0.3 is 0 Å². The van der Waals surface area contributed by atoms with Crippen molar-refractivity contribution in [2.45, 2.75) is 31.4 Å². The van der Waals surface area contributed by atoms with Gasteiger partial charge in [0.25, 0.3) is 0 Å². The molecule has 3 heteroatoms. The number of aliphatic hydroxyl groups excluding tert-OH is 1. The monoisotopic (exact) mass is 395 g/mol. The summed E-state index contributed by atoms with van der Waals surface area (Å²) < 4.78 is 6.43. The number of fused-ring (bicyclic) bond motifs is 1. The van der Waals surface area contributed by atoms with Crippen LogP contribution in [0.2, 0.25) is 0 Å². The lowest BCUT2D eigenvalue weighted by Crippen LogP contribution is -2.17. The fraction of sp³-hybridized carbons (Fsp3) is 0.185. The van der Waals surface area contributed by atoms with Gasteiger partial charge in [0.15, 0.2) is 0 Å². The van der Waals surface area contributed by atoms with Crippen molar-refractivity contribution < 1.29 is 9.52 Å². The number of aryl methyl sites for hydroxylation is 1. The molecule has 0 bridgehead atoms. The van der Waals surface area contributed by atoms with E-state index in [2.05, 4.69) is 53.8 Å². The Hall–Kier alpha value is -3.30. The lowest BCUT2D eigenvalue weighted by atomic mass is 9.86. The van der Waals surface area contributed by atoms with E-state index in [1.54, 1.807) is 0 Å². The quantitative estimate of drug-likeness (QED) is 0.404. The van der Waals surface area contributed by atoms with Gasteiger partial charge in [-0.15, -0.1) is 0 Å². The Morgan fingerprint density at radius 1 is 0.833 bits per heavy atom. The Labute approximate surface area is 177 Å². The lowest BCUT2D eigenvalue weighted by molar-refractivity contribution is 0.151. The molecule has 0 aliphatic heterocycles. The van der Waals surface area contributed by atoms with E-state index in [0.717, 1.165) is 58.7 Å². The summed E-state index contributed by atoms with van der Waals surface area (Å²) in [6, 6.07) is 30.7. The van der Waals surface area contributed by atoms with E-state index < -0.39 is 6.10 Å². The van der Waals surface area contributed by atoms with E-state index in [0.29, 0.717) is 0 Å². The molecule has 2 N–H and O–H groups in total. The molecule has 3 aromatic carbocycles. The number of anilines is 1. The summed E-state index contributed by atoms with van der Waals surface area (Å²) in [5.74, 6) is 1.76. The molecule has 0 unspecified atom stereocenters. The number of hydrogen-bond donors (Lipinski definition) is 2. The third-order valence-electron chi connectivity index (χ3n) is 5.82.